The van der Waals surface area contributed by atoms with Crippen LogP contribution < -0.4 is 0 Å². The summed E-state index contributed by atoms with van der Waals surface area (Å²) in [6.45, 7) is 9.24. The Bertz CT molecular complexity index is 2790. The van der Waals surface area contributed by atoms with Crippen LogP contribution in [-0.2, 0) is 25.7 Å². The van der Waals surface area contributed by atoms with E-state index in [-0.39, 0.29) is 0 Å². The van der Waals surface area contributed by atoms with Crippen LogP contribution >= 0.6 is 0 Å². The molecule has 0 radical (unpaired) electrons. The van der Waals surface area contributed by atoms with Crippen molar-refractivity contribution in [2.24, 2.45) is 0 Å². The van der Waals surface area contributed by atoms with Crippen LogP contribution in [0.15, 0.2) is 85.5 Å². The Kier molecular flexibility index (Phi) is 23.3. The molecule has 2 aliphatic rings. The molecule has 9 rings (SSSR count). The molecule has 2 N–H and O–H groups in total. The van der Waals surface area contributed by atoms with E-state index >= 15 is 0 Å². The van der Waals surface area contributed by atoms with Crippen molar-refractivity contribution in [2.45, 2.75) is 259 Å². The second-order valence-corrected chi connectivity index (χ2v) is 24.3. The third-order valence-electron chi connectivity index (χ3n) is 17.9. The lowest BCUT2D eigenvalue weighted by molar-refractivity contribution is 0.575. The molecule has 2 aromatic carbocycles. The van der Waals surface area contributed by atoms with Gasteiger partial charge in [0.25, 0.3) is 0 Å². The zero-order chi connectivity index (χ0) is 55.1. The van der Waals surface area contributed by atoms with Crippen LogP contribution in [0.2, 0.25) is 0 Å². The fraction of sp³-hybridized carbons (Fsp3) is 0.541. The number of rotatable bonds is 36. The second kappa shape index (κ2) is 31.6. The highest BCUT2D eigenvalue weighted by molar-refractivity contribution is 6.10. The maximum atomic E-state index is 5.78. The Labute approximate surface area is 482 Å². The van der Waals surface area contributed by atoms with Crippen LogP contribution in [0.25, 0.3) is 88.6 Å². The molecular formula is C74H100N6. The number of pyridine rings is 2. The van der Waals surface area contributed by atoms with Gasteiger partial charge in [-0.2, -0.15) is 0 Å². The summed E-state index contributed by atoms with van der Waals surface area (Å²) >= 11 is 0. The number of nitrogens with zero attached hydrogens (tertiary/aromatic N) is 4. The predicted octanol–water partition coefficient (Wildman–Crippen LogP) is 22.8. The SMILES string of the molecule is CCCCCCCCCCc1ccc(CCCCCCCCCC)c2c1-c1cc3[nH]c(cc4nc(cc5[nH]c(cc-2n1)c1ccncc51)-c1c(CCCCCCCCCC)ccc(CCCCCCCCCC)c1-4)c1cnccc31. The van der Waals surface area contributed by atoms with E-state index in [1.165, 1.54) is 261 Å². The molecule has 0 saturated carbocycles. The summed E-state index contributed by atoms with van der Waals surface area (Å²) in [6.07, 6.45) is 54.2. The molecule has 0 unspecified atom stereocenters. The fourth-order valence-electron chi connectivity index (χ4n) is 13.3. The minimum absolute atomic E-state index is 1.04. The molecule has 0 aliphatic carbocycles. The molecule has 2 aliphatic heterocycles. The molecule has 7 aromatic rings. The Morgan fingerprint density at radius 2 is 0.512 bits per heavy atom. The van der Waals surface area contributed by atoms with Crippen LogP contribution in [0.3, 0.4) is 0 Å². The molecule has 7 heterocycles. The molecule has 426 valence electrons. The third-order valence-corrected chi connectivity index (χ3v) is 17.9. The molecular weight excluding hydrogens is 973 g/mol. The minimum atomic E-state index is 1.04. The zero-order valence-electron chi connectivity index (χ0n) is 50.3. The van der Waals surface area contributed by atoms with Gasteiger partial charge >= 0.3 is 0 Å². The minimum Gasteiger partial charge on any atom is -0.354 e. The van der Waals surface area contributed by atoms with Gasteiger partial charge < -0.3 is 9.97 Å². The van der Waals surface area contributed by atoms with E-state index in [0.717, 1.165) is 81.3 Å². The molecule has 0 fully saturated rings. The molecule has 0 saturated heterocycles. The van der Waals surface area contributed by atoms with Crippen LogP contribution in [0, 0.1) is 0 Å². The van der Waals surface area contributed by atoms with Gasteiger partial charge in [-0.15, -0.1) is 0 Å². The molecule has 0 atom stereocenters. The van der Waals surface area contributed by atoms with Gasteiger partial charge in [-0.3, -0.25) is 9.97 Å². The van der Waals surface area contributed by atoms with Crippen molar-refractivity contribution in [2.75, 3.05) is 0 Å². The lowest BCUT2D eigenvalue weighted by atomic mass is 9.89. The molecule has 0 spiro atoms. The van der Waals surface area contributed by atoms with Gasteiger partial charge in [0.05, 0.1) is 33.8 Å². The summed E-state index contributed by atoms with van der Waals surface area (Å²) in [7, 11) is 0. The molecule has 5 aromatic heterocycles. The van der Waals surface area contributed by atoms with Crippen LogP contribution in [0.1, 0.15) is 255 Å². The maximum absolute atomic E-state index is 5.78. The number of aryl methyl sites for hydroxylation is 4. The van der Waals surface area contributed by atoms with Crippen molar-refractivity contribution in [1.29, 1.82) is 0 Å². The Morgan fingerprint density at radius 3 is 0.775 bits per heavy atom. The highest BCUT2D eigenvalue weighted by Gasteiger charge is 2.26. The van der Waals surface area contributed by atoms with Crippen LogP contribution in [-0.4, -0.2) is 29.9 Å². The monoisotopic (exact) mass is 1070 g/mol. The van der Waals surface area contributed by atoms with E-state index in [9.17, 15) is 0 Å². The highest BCUT2D eigenvalue weighted by Crippen LogP contribution is 2.46. The van der Waals surface area contributed by atoms with Crippen molar-refractivity contribution in [3.05, 3.63) is 108 Å². The van der Waals surface area contributed by atoms with E-state index in [1.54, 1.807) is 0 Å². The Hall–Kier alpha value is -5.62. The van der Waals surface area contributed by atoms with Gasteiger partial charge in [0, 0.05) is 79.6 Å². The number of aromatic amines is 2. The summed E-state index contributed by atoms with van der Waals surface area (Å²) in [5.41, 5.74) is 19.4. The van der Waals surface area contributed by atoms with E-state index in [1.807, 2.05) is 12.4 Å². The molecule has 6 heteroatoms. The van der Waals surface area contributed by atoms with E-state index in [2.05, 4.69) is 111 Å². The van der Waals surface area contributed by atoms with Gasteiger partial charge in [0.15, 0.2) is 0 Å². The zero-order valence-corrected chi connectivity index (χ0v) is 50.3. The average Bonchev–Trinajstić information content (AvgIpc) is 4.30. The van der Waals surface area contributed by atoms with Crippen molar-refractivity contribution in [3.63, 3.8) is 0 Å². The number of hydrogen-bond acceptors (Lipinski definition) is 4. The molecule has 0 amide bonds. The van der Waals surface area contributed by atoms with Crippen molar-refractivity contribution in [1.82, 2.24) is 29.9 Å². The summed E-state index contributed by atoms with van der Waals surface area (Å²) in [6, 6.07) is 23.8. The third kappa shape index (κ3) is 15.5. The number of nitrogens with one attached hydrogen (secondary N) is 2. The average molecular weight is 1070 g/mol. The first kappa shape index (κ1) is 59.0. The first-order valence-corrected chi connectivity index (χ1v) is 33.1. The van der Waals surface area contributed by atoms with Gasteiger partial charge in [0.2, 0.25) is 0 Å². The molecule has 6 nitrogen and oxygen atoms in total. The summed E-state index contributed by atoms with van der Waals surface area (Å²) < 4.78 is 0. The smallest absolute Gasteiger partial charge is 0.0740 e. The highest BCUT2D eigenvalue weighted by atomic mass is 14.8. The number of benzene rings is 2. The molecule has 8 bridgehead atoms. The normalized spacial score (nSPS) is 12.1. The number of aromatic nitrogens is 6. The number of fused-ring (bicyclic) bond motifs is 20. The lowest BCUT2D eigenvalue weighted by Gasteiger charge is -2.14. The first-order chi connectivity index (χ1) is 39.6. The summed E-state index contributed by atoms with van der Waals surface area (Å²) in [4.78, 5) is 29.1. The topological polar surface area (TPSA) is 83.1 Å². The van der Waals surface area contributed by atoms with Gasteiger partial charge in [-0.05, 0) is 110 Å². The number of unbranched alkanes of at least 4 members (excludes halogenated alkanes) is 28. The van der Waals surface area contributed by atoms with Crippen molar-refractivity contribution < 1.29 is 0 Å². The van der Waals surface area contributed by atoms with Crippen LogP contribution in [0.4, 0.5) is 0 Å². The summed E-state index contributed by atoms with van der Waals surface area (Å²) in [5.74, 6) is 0. The molecule has 80 heavy (non-hydrogen) atoms. The predicted molar refractivity (Wildman–Crippen MR) is 346 cm³/mol. The van der Waals surface area contributed by atoms with Gasteiger partial charge in [0.1, 0.15) is 0 Å². The fourth-order valence-corrected chi connectivity index (χ4v) is 13.3. The number of H-pyrrole nitrogens is 2. The van der Waals surface area contributed by atoms with Crippen molar-refractivity contribution in [3.8, 4) is 45.0 Å². The standard InChI is InChI=1S/C74H100N6/c1-5-9-13-17-21-25-29-33-37-55-41-42-56(38-34-30-26-22-18-14-10-6-2)72-68-50-64-60-46-48-76-54-62(60)66(78-64)52-70-74-58(40-36-32-28-24-20-16-12-8-4)44-43-57(39-35-31-27-23-19-15-11-7-3)73(74)69(80-70)51-65-61-53-75-47-45-59(61)63(77-65)49-67(79-68)71(55)72/h41-54,77-78H,5-40H2,1-4H3. The lowest BCUT2D eigenvalue weighted by Crippen LogP contribution is -1.97. The van der Waals surface area contributed by atoms with Gasteiger partial charge in [-0.25, -0.2) is 9.97 Å². The Balaban J connectivity index is 1.19. The quantitative estimate of drug-likeness (QED) is 0.0383. The largest absolute Gasteiger partial charge is 0.354 e. The Morgan fingerprint density at radius 1 is 0.275 bits per heavy atom. The van der Waals surface area contributed by atoms with E-state index in [4.69, 9.17) is 19.9 Å². The maximum Gasteiger partial charge on any atom is 0.0740 e. The van der Waals surface area contributed by atoms with E-state index < -0.39 is 0 Å². The first-order valence-electron chi connectivity index (χ1n) is 33.1. The van der Waals surface area contributed by atoms with Crippen molar-refractivity contribution >= 4 is 43.6 Å². The van der Waals surface area contributed by atoms with Crippen LogP contribution in [0.5, 0.6) is 0 Å². The van der Waals surface area contributed by atoms with Gasteiger partial charge in [-0.1, -0.05) is 232 Å². The number of hydrogen-bond donors (Lipinski definition) is 2. The second-order valence-electron chi connectivity index (χ2n) is 24.3. The summed E-state index contributed by atoms with van der Waals surface area (Å²) in [5, 5.41) is 4.57. The van der Waals surface area contributed by atoms with E-state index in [0.29, 0.717) is 0 Å².